The molecule has 0 saturated carbocycles. The van der Waals surface area contributed by atoms with Crippen molar-refractivity contribution in [2.45, 2.75) is 19.9 Å². The number of rotatable bonds is 4. The van der Waals surface area contributed by atoms with Crippen molar-refractivity contribution in [2.75, 3.05) is 0 Å². The van der Waals surface area contributed by atoms with E-state index < -0.39 is 0 Å². The van der Waals surface area contributed by atoms with Crippen LogP contribution in [-0.4, -0.2) is 13.7 Å². The standard InChI is InChI=1S/C23H23N3O2/c1-16-9-7-8-12-18(16)21-20-19(24(2)23(28)25(3)22(20)27)15-26(21)14-13-17-10-5-4-6-11-17/h4-12,15H,13-14H2,1-3H3. The van der Waals surface area contributed by atoms with Gasteiger partial charge >= 0.3 is 5.69 Å². The lowest BCUT2D eigenvalue weighted by Gasteiger charge is -2.12. The van der Waals surface area contributed by atoms with E-state index in [-0.39, 0.29) is 11.2 Å². The van der Waals surface area contributed by atoms with E-state index in [0.717, 1.165) is 29.8 Å². The highest BCUT2D eigenvalue weighted by atomic mass is 16.2. The van der Waals surface area contributed by atoms with E-state index in [4.69, 9.17) is 0 Å². The maximum Gasteiger partial charge on any atom is 0.330 e. The number of aromatic nitrogens is 3. The minimum atomic E-state index is -0.311. The Balaban J connectivity index is 1.98. The van der Waals surface area contributed by atoms with Gasteiger partial charge in [0.2, 0.25) is 0 Å². The minimum Gasteiger partial charge on any atom is -0.344 e. The van der Waals surface area contributed by atoms with E-state index >= 15 is 0 Å². The Morgan fingerprint density at radius 3 is 2.25 bits per heavy atom. The molecule has 28 heavy (non-hydrogen) atoms. The summed E-state index contributed by atoms with van der Waals surface area (Å²) in [4.78, 5) is 25.5. The molecule has 0 atom stereocenters. The number of hydrogen-bond acceptors (Lipinski definition) is 2. The number of nitrogens with zero attached hydrogens (tertiary/aromatic N) is 3. The molecule has 0 aliphatic rings. The van der Waals surface area contributed by atoms with Crippen molar-refractivity contribution in [1.82, 2.24) is 13.7 Å². The summed E-state index contributed by atoms with van der Waals surface area (Å²) in [6.07, 6.45) is 2.78. The van der Waals surface area contributed by atoms with Gasteiger partial charge in [0.1, 0.15) is 0 Å². The van der Waals surface area contributed by atoms with E-state index in [1.807, 2.05) is 55.6 Å². The summed E-state index contributed by atoms with van der Waals surface area (Å²) in [5.74, 6) is 0. The summed E-state index contributed by atoms with van der Waals surface area (Å²) in [5.41, 5.74) is 4.32. The Morgan fingerprint density at radius 1 is 0.857 bits per heavy atom. The van der Waals surface area contributed by atoms with E-state index in [0.29, 0.717) is 10.9 Å². The van der Waals surface area contributed by atoms with Crippen molar-refractivity contribution in [2.24, 2.45) is 14.1 Å². The Kier molecular flexibility index (Phi) is 4.51. The normalized spacial score (nSPS) is 11.2. The van der Waals surface area contributed by atoms with Gasteiger partial charge in [0.15, 0.2) is 0 Å². The van der Waals surface area contributed by atoms with Crippen LogP contribution in [-0.2, 0) is 27.1 Å². The molecule has 2 aromatic carbocycles. The van der Waals surface area contributed by atoms with Gasteiger partial charge in [-0.05, 0) is 24.5 Å². The molecule has 4 rings (SSSR count). The minimum absolute atomic E-state index is 0.255. The van der Waals surface area contributed by atoms with E-state index in [2.05, 4.69) is 16.7 Å². The molecule has 0 aliphatic heterocycles. The highest BCUT2D eigenvalue weighted by Crippen LogP contribution is 2.30. The SMILES string of the molecule is Cc1ccccc1-c1c2c(=O)n(C)c(=O)n(C)c2cn1CCc1ccccc1. The average molecular weight is 373 g/mol. The first-order valence-corrected chi connectivity index (χ1v) is 9.38. The van der Waals surface area contributed by atoms with E-state index in [9.17, 15) is 9.59 Å². The molecule has 0 N–H and O–H groups in total. The fourth-order valence-electron chi connectivity index (χ4n) is 3.79. The molecule has 5 nitrogen and oxygen atoms in total. The molecular weight excluding hydrogens is 350 g/mol. The second-order valence-electron chi connectivity index (χ2n) is 7.19. The first-order valence-electron chi connectivity index (χ1n) is 9.38. The number of benzene rings is 2. The predicted molar refractivity (Wildman–Crippen MR) is 113 cm³/mol. The summed E-state index contributed by atoms with van der Waals surface area (Å²) in [6.45, 7) is 2.77. The van der Waals surface area contributed by atoms with Gasteiger partial charge in [-0.3, -0.25) is 13.9 Å². The van der Waals surface area contributed by atoms with Gasteiger partial charge in [-0.15, -0.1) is 0 Å². The quantitative estimate of drug-likeness (QED) is 0.551. The van der Waals surface area contributed by atoms with Crippen molar-refractivity contribution in [3.63, 3.8) is 0 Å². The van der Waals surface area contributed by atoms with Gasteiger partial charge in [0.05, 0.1) is 16.6 Å². The smallest absolute Gasteiger partial charge is 0.330 e. The monoisotopic (exact) mass is 373 g/mol. The third kappa shape index (κ3) is 2.89. The zero-order valence-corrected chi connectivity index (χ0v) is 16.3. The van der Waals surface area contributed by atoms with Crippen molar-refractivity contribution >= 4 is 10.9 Å². The van der Waals surface area contributed by atoms with Crippen LogP contribution in [0.3, 0.4) is 0 Å². The first-order chi connectivity index (χ1) is 13.5. The Hall–Kier alpha value is -3.34. The Morgan fingerprint density at radius 2 is 1.54 bits per heavy atom. The maximum absolute atomic E-state index is 13.0. The number of aryl methyl sites for hydroxylation is 4. The molecule has 2 heterocycles. The maximum atomic E-state index is 13.0. The second-order valence-corrected chi connectivity index (χ2v) is 7.19. The third-order valence-electron chi connectivity index (χ3n) is 5.40. The Bertz CT molecular complexity index is 1280. The second kappa shape index (κ2) is 7.00. The van der Waals surface area contributed by atoms with Crippen LogP contribution in [0.4, 0.5) is 0 Å². The van der Waals surface area contributed by atoms with Gasteiger partial charge < -0.3 is 4.57 Å². The summed E-state index contributed by atoms with van der Waals surface area (Å²) in [7, 11) is 3.25. The van der Waals surface area contributed by atoms with Crippen LogP contribution in [0.15, 0.2) is 70.4 Å². The van der Waals surface area contributed by atoms with Crippen molar-refractivity contribution in [3.8, 4) is 11.3 Å². The zero-order valence-electron chi connectivity index (χ0n) is 16.3. The largest absolute Gasteiger partial charge is 0.344 e. The van der Waals surface area contributed by atoms with E-state index in [1.54, 1.807) is 11.6 Å². The van der Waals surface area contributed by atoms with Gasteiger partial charge in [-0.25, -0.2) is 4.79 Å². The van der Waals surface area contributed by atoms with Crippen LogP contribution < -0.4 is 11.2 Å². The molecule has 0 radical (unpaired) electrons. The number of hydrogen-bond donors (Lipinski definition) is 0. The fourth-order valence-corrected chi connectivity index (χ4v) is 3.79. The van der Waals surface area contributed by atoms with Crippen molar-refractivity contribution in [3.05, 3.63) is 92.8 Å². The molecule has 5 heteroatoms. The highest BCUT2D eigenvalue weighted by Gasteiger charge is 2.20. The molecule has 0 bridgehead atoms. The van der Waals surface area contributed by atoms with Crippen molar-refractivity contribution in [1.29, 1.82) is 0 Å². The molecular formula is C23H23N3O2. The van der Waals surface area contributed by atoms with Crippen LogP contribution in [0, 0.1) is 6.92 Å². The van der Waals surface area contributed by atoms with Crippen molar-refractivity contribution < 1.29 is 0 Å². The Labute approximate surface area is 163 Å². The van der Waals surface area contributed by atoms with E-state index in [1.165, 1.54) is 17.2 Å². The van der Waals surface area contributed by atoms with Gasteiger partial charge in [-0.2, -0.15) is 0 Å². The van der Waals surface area contributed by atoms with Crippen LogP contribution in [0.25, 0.3) is 22.2 Å². The molecule has 0 aliphatic carbocycles. The third-order valence-corrected chi connectivity index (χ3v) is 5.40. The molecule has 0 saturated heterocycles. The van der Waals surface area contributed by atoms with Crippen LogP contribution in [0.5, 0.6) is 0 Å². The molecule has 0 amide bonds. The lowest BCUT2D eigenvalue weighted by atomic mass is 10.0. The lowest BCUT2D eigenvalue weighted by Crippen LogP contribution is -2.36. The molecule has 142 valence electrons. The molecule has 4 aromatic rings. The van der Waals surface area contributed by atoms with Crippen LogP contribution in [0.2, 0.25) is 0 Å². The lowest BCUT2D eigenvalue weighted by molar-refractivity contribution is 0.703. The molecule has 0 fully saturated rings. The number of fused-ring (bicyclic) bond motifs is 1. The fraction of sp³-hybridized carbons (Fsp3) is 0.217. The molecule has 0 spiro atoms. The van der Waals surface area contributed by atoms with Crippen LogP contribution >= 0.6 is 0 Å². The average Bonchev–Trinajstić information content (AvgIpc) is 3.10. The highest BCUT2D eigenvalue weighted by molar-refractivity contribution is 5.94. The van der Waals surface area contributed by atoms with Gasteiger partial charge in [0.25, 0.3) is 5.56 Å². The summed E-state index contributed by atoms with van der Waals surface area (Å²) in [5, 5.41) is 0.590. The van der Waals surface area contributed by atoms with Crippen LogP contribution in [0.1, 0.15) is 11.1 Å². The molecule has 2 aromatic heterocycles. The summed E-state index contributed by atoms with van der Waals surface area (Å²) >= 11 is 0. The summed E-state index contributed by atoms with van der Waals surface area (Å²) in [6, 6.07) is 18.3. The van der Waals surface area contributed by atoms with Gasteiger partial charge in [0, 0.05) is 32.4 Å². The topological polar surface area (TPSA) is 48.9 Å². The molecule has 0 unspecified atom stereocenters. The first kappa shape index (κ1) is 18.0. The summed E-state index contributed by atoms with van der Waals surface area (Å²) < 4.78 is 4.85. The van der Waals surface area contributed by atoms with Gasteiger partial charge in [-0.1, -0.05) is 54.6 Å². The predicted octanol–water partition coefficient (Wildman–Crippen LogP) is 3.26. The zero-order chi connectivity index (χ0) is 19.8.